The maximum atomic E-state index is 12.9. The maximum absolute atomic E-state index is 12.9. The first-order valence-electron chi connectivity index (χ1n) is 5.88. The average Bonchev–Trinajstić information content (AvgIpc) is 2.39. The quantitative estimate of drug-likeness (QED) is 0.709. The van der Waals surface area contributed by atoms with Crippen LogP contribution in [0.1, 0.15) is 11.1 Å². The molecule has 22 heavy (non-hydrogen) atoms. The predicted molar refractivity (Wildman–Crippen MR) is 66.1 cm³/mol. The molecule has 0 fully saturated rings. The Labute approximate surface area is 120 Å². The van der Waals surface area contributed by atoms with Crippen LogP contribution in [0.4, 0.5) is 42.1 Å². The Morgan fingerprint density at radius 2 is 1.32 bits per heavy atom. The predicted octanol–water partition coefficient (Wildman–Crippen LogP) is 5.61. The Morgan fingerprint density at radius 3 is 1.82 bits per heavy atom. The van der Waals surface area contributed by atoms with Gasteiger partial charge in [0.15, 0.2) is 0 Å². The smallest absolute Gasteiger partial charge is 0.355 e. The van der Waals surface area contributed by atoms with Crippen molar-refractivity contribution in [1.29, 1.82) is 0 Å². The number of benzene rings is 2. The van der Waals surface area contributed by atoms with Crippen LogP contribution < -0.4 is 5.32 Å². The molecule has 2 aromatic rings. The van der Waals surface area contributed by atoms with Crippen LogP contribution in [-0.4, -0.2) is 0 Å². The molecule has 0 saturated heterocycles. The summed E-state index contributed by atoms with van der Waals surface area (Å²) in [6.07, 6.45) is -9.60. The van der Waals surface area contributed by atoms with E-state index in [0.717, 1.165) is 24.3 Å². The second kappa shape index (κ2) is 5.51. The molecule has 0 aliphatic carbocycles. The zero-order valence-corrected chi connectivity index (χ0v) is 10.7. The van der Waals surface area contributed by atoms with Crippen molar-refractivity contribution >= 4 is 11.4 Å². The van der Waals surface area contributed by atoms with Crippen LogP contribution in [0.5, 0.6) is 0 Å². The van der Waals surface area contributed by atoms with Crippen LogP contribution in [0.2, 0.25) is 0 Å². The van der Waals surface area contributed by atoms with E-state index in [-0.39, 0.29) is 5.69 Å². The zero-order valence-electron chi connectivity index (χ0n) is 10.7. The van der Waals surface area contributed by atoms with Gasteiger partial charge in [-0.1, -0.05) is 0 Å². The Hall–Kier alpha value is -2.25. The highest BCUT2D eigenvalue weighted by Crippen LogP contribution is 2.39. The molecule has 1 N–H and O–H groups in total. The summed E-state index contributed by atoms with van der Waals surface area (Å²) in [5.74, 6) is -0.620. The van der Waals surface area contributed by atoms with Gasteiger partial charge < -0.3 is 5.32 Å². The molecule has 0 saturated carbocycles. The Balaban J connectivity index is 2.47. The lowest BCUT2D eigenvalue weighted by Gasteiger charge is -2.17. The van der Waals surface area contributed by atoms with Crippen molar-refractivity contribution in [2.24, 2.45) is 0 Å². The average molecular weight is 323 g/mol. The fourth-order valence-electron chi connectivity index (χ4n) is 1.76. The van der Waals surface area contributed by atoms with Gasteiger partial charge in [-0.3, -0.25) is 0 Å². The van der Waals surface area contributed by atoms with Crippen molar-refractivity contribution in [3.05, 3.63) is 59.4 Å². The Kier molecular flexibility index (Phi) is 4.04. The normalized spacial score (nSPS) is 12.3. The lowest BCUT2D eigenvalue weighted by Crippen LogP contribution is -2.12. The second-order valence-corrected chi connectivity index (χ2v) is 4.39. The molecule has 0 unspecified atom stereocenters. The minimum atomic E-state index is -4.83. The van der Waals surface area contributed by atoms with E-state index >= 15 is 0 Å². The number of rotatable bonds is 2. The molecule has 0 amide bonds. The van der Waals surface area contributed by atoms with E-state index in [1.807, 2.05) is 0 Å². The number of alkyl halides is 6. The van der Waals surface area contributed by atoms with E-state index in [2.05, 4.69) is 5.32 Å². The van der Waals surface area contributed by atoms with Gasteiger partial charge in [-0.2, -0.15) is 26.3 Å². The summed E-state index contributed by atoms with van der Waals surface area (Å²) >= 11 is 0. The van der Waals surface area contributed by atoms with Gasteiger partial charge >= 0.3 is 12.4 Å². The Morgan fingerprint density at radius 1 is 0.727 bits per heavy atom. The highest BCUT2D eigenvalue weighted by atomic mass is 19.4. The molecule has 0 bridgehead atoms. The van der Waals surface area contributed by atoms with Gasteiger partial charge in [-0.25, -0.2) is 4.39 Å². The molecule has 0 aliphatic rings. The largest absolute Gasteiger partial charge is 0.418 e. The molecule has 0 aliphatic heterocycles. The fourth-order valence-corrected chi connectivity index (χ4v) is 1.76. The van der Waals surface area contributed by atoms with E-state index in [1.54, 1.807) is 0 Å². The van der Waals surface area contributed by atoms with Gasteiger partial charge in [-0.05, 0) is 42.5 Å². The summed E-state index contributed by atoms with van der Waals surface area (Å²) in [6.45, 7) is 0. The number of halogens is 7. The molecule has 0 spiro atoms. The standard InChI is InChI=1S/C14H8F7N/c15-9-2-4-10(5-3-9)22-12-7-8(13(16,17)18)1-6-11(12)14(19,20)21/h1-7,22H. The molecule has 0 atom stereocenters. The molecule has 0 radical (unpaired) electrons. The molecule has 118 valence electrons. The van der Waals surface area contributed by atoms with Crippen LogP contribution in [-0.2, 0) is 12.4 Å². The van der Waals surface area contributed by atoms with E-state index in [0.29, 0.717) is 18.2 Å². The molecule has 2 aromatic carbocycles. The second-order valence-electron chi connectivity index (χ2n) is 4.39. The Bertz CT molecular complexity index is 656. The number of anilines is 2. The third-order valence-electron chi connectivity index (χ3n) is 2.78. The number of nitrogens with one attached hydrogen (secondary N) is 1. The summed E-state index contributed by atoms with van der Waals surface area (Å²) in [5, 5.41) is 2.23. The third kappa shape index (κ3) is 3.69. The summed E-state index contributed by atoms with van der Waals surface area (Å²) < 4.78 is 89.2. The topological polar surface area (TPSA) is 12.0 Å². The van der Waals surface area contributed by atoms with Gasteiger partial charge in [0.05, 0.1) is 16.8 Å². The van der Waals surface area contributed by atoms with Gasteiger partial charge in [0.25, 0.3) is 0 Å². The maximum Gasteiger partial charge on any atom is 0.418 e. The molecule has 0 heterocycles. The van der Waals surface area contributed by atoms with Gasteiger partial charge in [0, 0.05) is 5.69 Å². The van der Waals surface area contributed by atoms with E-state index in [4.69, 9.17) is 0 Å². The van der Waals surface area contributed by atoms with Crippen molar-refractivity contribution < 1.29 is 30.7 Å². The summed E-state index contributed by atoms with van der Waals surface area (Å²) in [5.41, 5.74) is -3.19. The minimum absolute atomic E-state index is 0.0335. The fraction of sp³-hybridized carbons (Fsp3) is 0.143. The molecule has 0 aromatic heterocycles. The minimum Gasteiger partial charge on any atom is -0.355 e. The molecule has 2 rings (SSSR count). The van der Waals surface area contributed by atoms with Crippen molar-refractivity contribution in [2.45, 2.75) is 12.4 Å². The van der Waals surface area contributed by atoms with Crippen LogP contribution >= 0.6 is 0 Å². The number of hydrogen-bond acceptors (Lipinski definition) is 1. The van der Waals surface area contributed by atoms with E-state index in [9.17, 15) is 30.7 Å². The summed E-state index contributed by atoms with van der Waals surface area (Å²) in [7, 11) is 0. The first-order chi connectivity index (χ1) is 10.1. The van der Waals surface area contributed by atoms with Crippen molar-refractivity contribution in [3.63, 3.8) is 0 Å². The summed E-state index contributed by atoms with van der Waals surface area (Å²) in [6, 6.07) is 5.28. The highest BCUT2D eigenvalue weighted by molar-refractivity contribution is 5.65. The van der Waals surface area contributed by atoms with E-state index in [1.165, 1.54) is 0 Å². The highest BCUT2D eigenvalue weighted by Gasteiger charge is 2.37. The van der Waals surface area contributed by atoms with Gasteiger partial charge in [-0.15, -0.1) is 0 Å². The molecular weight excluding hydrogens is 315 g/mol. The van der Waals surface area contributed by atoms with Gasteiger partial charge in [0.2, 0.25) is 0 Å². The van der Waals surface area contributed by atoms with Crippen LogP contribution in [0.25, 0.3) is 0 Å². The molecular formula is C14H8F7N. The first kappa shape index (κ1) is 16.1. The third-order valence-corrected chi connectivity index (χ3v) is 2.78. The monoisotopic (exact) mass is 323 g/mol. The van der Waals surface area contributed by atoms with Crippen molar-refractivity contribution in [1.82, 2.24) is 0 Å². The summed E-state index contributed by atoms with van der Waals surface area (Å²) in [4.78, 5) is 0. The van der Waals surface area contributed by atoms with Crippen LogP contribution in [0.15, 0.2) is 42.5 Å². The molecule has 8 heteroatoms. The lowest BCUT2D eigenvalue weighted by atomic mass is 10.1. The van der Waals surface area contributed by atoms with Crippen molar-refractivity contribution in [2.75, 3.05) is 5.32 Å². The van der Waals surface area contributed by atoms with Crippen LogP contribution in [0, 0.1) is 5.82 Å². The number of hydrogen-bond donors (Lipinski definition) is 1. The van der Waals surface area contributed by atoms with Crippen molar-refractivity contribution in [3.8, 4) is 0 Å². The molecule has 1 nitrogen and oxygen atoms in total. The first-order valence-corrected chi connectivity index (χ1v) is 5.88. The van der Waals surface area contributed by atoms with Gasteiger partial charge in [0.1, 0.15) is 5.82 Å². The zero-order chi connectivity index (χ0) is 16.5. The van der Waals surface area contributed by atoms with E-state index < -0.39 is 35.0 Å². The van der Waals surface area contributed by atoms with Crippen LogP contribution in [0.3, 0.4) is 0 Å². The SMILES string of the molecule is Fc1ccc(Nc2cc(C(F)(F)F)ccc2C(F)(F)F)cc1. The lowest BCUT2D eigenvalue weighted by molar-refractivity contribution is -0.140.